The SMILES string of the molecule is C/C(=N\Nc1c(Cl)cncc1Cl)c1cc2cc(Br)ccc2oc1=O. The number of halogens is 3. The molecule has 0 aliphatic carbocycles. The summed E-state index contributed by atoms with van der Waals surface area (Å²) >= 11 is 15.4. The standard InChI is InChI=1S/C16H10BrCl2N3O2/c1-8(21-22-15-12(18)6-20-7-13(15)19)11-5-9-4-10(17)2-3-14(9)24-16(11)23/h2-7H,1H3,(H,20,22)/b21-8+. The van der Waals surface area contributed by atoms with Gasteiger partial charge in [-0.1, -0.05) is 39.1 Å². The Hall–Kier alpha value is -1.89. The Morgan fingerprint density at radius 2 is 1.96 bits per heavy atom. The van der Waals surface area contributed by atoms with E-state index in [4.69, 9.17) is 27.6 Å². The minimum absolute atomic E-state index is 0.327. The van der Waals surface area contributed by atoms with E-state index in [1.54, 1.807) is 25.1 Å². The Morgan fingerprint density at radius 1 is 1.25 bits per heavy atom. The van der Waals surface area contributed by atoms with Gasteiger partial charge in [-0.15, -0.1) is 0 Å². The second-order valence-electron chi connectivity index (χ2n) is 4.92. The Kier molecular flexibility index (Phi) is 4.89. The number of hydrazone groups is 1. The molecular formula is C16H10BrCl2N3O2. The predicted octanol–water partition coefficient (Wildman–Crippen LogP) is 5.09. The molecule has 1 N–H and O–H groups in total. The minimum atomic E-state index is -0.472. The topological polar surface area (TPSA) is 67.5 Å². The number of pyridine rings is 1. The first-order valence-corrected chi connectivity index (χ1v) is 8.33. The first kappa shape index (κ1) is 17.0. The van der Waals surface area contributed by atoms with Crippen LogP contribution in [-0.2, 0) is 0 Å². The quantitative estimate of drug-likeness (QED) is 0.359. The molecule has 2 heterocycles. The molecule has 0 saturated carbocycles. The molecule has 0 saturated heterocycles. The molecule has 0 radical (unpaired) electrons. The van der Waals surface area contributed by atoms with Gasteiger partial charge in [-0.2, -0.15) is 5.10 Å². The number of aromatic nitrogens is 1. The Labute approximate surface area is 155 Å². The van der Waals surface area contributed by atoms with Gasteiger partial charge in [0.25, 0.3) is 0 Å². The number of fused-ring (bicyclic) bond motifs is 1. The molecule has 2 aromatic heterocycles. The highest BCUT2D eigenvalue weighted by Gasteiger charge is 2.10. The highest BCUT2D eigenvalue weighted by Crippen LogP contribution is 2.28. The lowest BCUT2D eigenvalue weighted by Crippen LogP contribution is -2.13. The van der Waals surface area contributed by atoms with Crippen molar-refractivity contribution in [1.29, 1.82) is 0 Å². The van der Waals surface area contributed by atoms with E-state index in [1.165, 1.54) is 12.4 Å². The lowest BCUT2D eigenvalue weighted by molar-refractivity contribution is 0.559. The maximum Gasteiger partial charge on any atom is 0.345 e. The number of nitrogens with zero attached hydrogens (tertiary/aromatic N) is 2. The molecule has 5 nitrogen and oxygen atoms in total. The van der Waals surface area contributed by atoms with E-state index in [1.807, 2.05) is 6.07 Å². The van der Waals surface area contributed by atoms with Gasteiger partial charge >= 0.3 is 5.63 Å². The largest absolute Gasteiger partial charge is 0.422 e. The molecule has 0 unspecified atom stereocenters. The molecule has 0 spiro atoms. The molecule has 24 heavy (non-hydrogen) atoms. The highest BCUT2D eigenvalue weighted by molar-refractivity contribution is 9.10. The number of rotatable bonds is 3. The van der Waals surface area contributed by atoms with E-state index in [9.17, 15) is 4.79 Å². The van der Waals surface area contributed by atoms with Crippen LogP contribution >= 0.6 is 39.1 Å². The zero-order valence-corrected chi connectivity index (χ0v) is 15.4. The number of benzene rings is 1. The Bertz CT molecular complexity index is 998. The van der Waals surface area contributed by atoms with E-state index in [0.717, 1.165) is 9.86 Å². The summed E-state index contributed by atoms with van der Waals surface area (Å²) in [6.45, 7) is 1.69. The van der Waals surface area contributed by atoms with Crippen molar-refractivity contribution >= 4 is 61.5 Å². The van der Waals surface area contributed by atoms with Crippen LogP contribution in [0, 0.1) is 0 Å². The monoisotopic (exact) mass is 425 g/mol. The summed E-state index contributed by atoms with van der Waals surface area (Å²) in [5.41, 5.74) is 3.99. The van der Waals surface area contributed by atoms with Gasteiger partial charge in [0.1, 0.15) is 5.58 Å². The highest BCUT2D eigenvalue weighted by atomic mass is 79.9. The average Bonchev–Trinajstić information content (AvgIpc) is 2.54. The molecule has 0 bridgehead atoms. The Balaban J connectivity index is 2.00. The molecule has 3 rings (SSSR count). The van der Waals surface area contributed by atoms with E-state index in [0.29, 0.717) is 32.6 Å². The second kappa shape index (κ2) is 6.93. The second-order valence-corrected chi connectivity index (χ2v) is 6.65. The minimum Gasteiger partial charge on any atom is -0.422 e. The normalized spacial score (nSPS) is 11.8. The van der Waals surface area contributed by atoms with E-state index >= 15 is 0 Å². The number of anilines is 1. The van der Waals surface area contributed by atoms with Gasteiger partial charge in [0, 0.05) is 22.3 Å². The van der Waals surface area contributed by atoms with Crippen molar-refractivity contribution < 1.29 is 4.42 Å². The molecule has 0 aliphatic rings. The first-order valence-electron chi connectivity index (χ1n) is 6.79. The van der Waals surface area contributed by atoms with Gasteiger partial charge in [0.05, 0.1) is 27.0 Å². The van der Waals surface area contributed by atoms with E-state index in [-0.39, 0.29) is 0 Å². The summed E-state index contributed by atoms with van der Waals surface area (Å²) in [6, 6.07) is 7.12. The van der Waals surface area contributed by atoms with Crippen molar-refractivity contribution in [3.63, 3.8) is 0 Å². The predicted molar refractivity (Wildman–Crippen MR) is 100 cm³/mol. The molecule has 1 aromatic carbocycles. The van der Waals surface area contributed by atoms with Gasteiger partial charge < -0.3 is 4.42 Å². The summed E-state index contributed by atoms with van der Waals surface area (Å²) in [5.74, 6) is 0. The Morgan fingerprint density at radius 3 is 2.67 bits per heavy atom. The van der Waals surface area contributed by atoms with Crippen LogP contribution in [0.3, 0.4) is 0 Å². The van der Waals surface area contributed by atoms with Crippen LogP contribution in [0.4, 0.5) is 5.69 Å². The summed E-state index contributed by atoms with van der Waals surface area (Å²) in [7, 11) is 0. The fraction of sp³-hybridized carbons (Fsp3) is 0.0625. The summed E-state index contributed by atoms with van der Waals surface area (Å²) in [5, 5.41) is 5.61. The third-order valence-electron chi connectivity index (χ3n) is 3.27. The zero-order valence-electron chi connectivity index (χ0n) is 12.3. The van der Waals surface area contributed by atoms with Gasteiger partial charge in [-0.25, -0.2) is 4.79 Å². The van der Waals surface area contributed by atoms with Crippen molar-refractivity contribution in [2.75, 3.05) is 5.43 Å². The lowest BCUT2D eigenvalue weighted by atomic mass is 10.1. The molecule has 3 aromatic rings. The van der Waals surface area contributed by atoms with E-state index in [2.05, 4.69) is 31.4 Å². The summed E-state index contributed by atoms with van der Waals surface area (Å²) in [6.07, 6.45) is 2.89. The fourth-order valence-corrected chi connectivity index (χ4v) is 2.89. The molecule has 8 heteroatoms. The van der Waals surface area contributed by atoms with Crippen molar-refractivity contribution in [3.05, 3.63) is 67.2 Å². The van der Waals surface area contributed by atoms with Crippen LogP contribution in [0.15, 0.2) is 55.4 Å². The number of hydrogen-bond donors (Lipinski definition) is 1. The van der Waals surface area contributed by atoms with Gasteiger partial charge in [-0.3, -0.25) is 10.4 Å². The summed E-state index contributed by atoms with van der Waals surface area (Å²) < 4.78 is 6.21. The van der Waals surface area contributed by atoms with E-state index < -0.39 is 5.63 Å². The first-order chi connectivity index (χ1) is 11.5. The zero-order chi connectivity index (χ0) is 17.3. The van der Waals surface area contributed by atoms with Gasteiger partial charge in [0.15, 0.2) is 0 Å². The molecular weight excluding hydrogens is 417 g/mol. The summed E-state index contributed by atoms with van der Waals surface area (Å²) in [4.78, 5) is 16.0. The van der Waals surface area contributed by atoms with Crippen LogP contribution in [0.2, 0.25) is 10.0 Å². The van der Waals surface area contributed by atoms with Crippen LogP contribution in [0.1, 0.15) is 12.5 Å². The smallest absolute Gasteiger partial charge is 0.345 e. The maximum absolute atomic E-state index is 12.2. The van der Waals surface area contributed by atoms with Gasteiger partial charge in [0.2, 0.25) is 0 Å². The third kappa shape index (κ3) is 3.45. The van der Waals surface area contributed by atoms with Crippen molar-refractivity contribution in [3.8, 4) is 0 Å². The average molecular weight is 427 g/mol. The van der Waals surface area contributed by atoms with Gasteiger partial charge in [-0.05, 0) is 31.2 Å². The molecule has 0 fully saturated rings. The number of hydrogen-bond acceptors (Lipinski definition) is 5. The van der Waals surface area contributed by atoms with Crippen molar-refractivity contribution in [2.24, 2.45) is 5.10 Å². The fourth-order valence-electron chi connectivity index (χ4n) is 2.06. The maximum atomic E-state index is 12.2. The molecule has 0 aliphatic heterocycles. The lowest BCUT2D eigenvalue weighted by Gasteiger charge is -2.07. The van der Waals surface area contributed by atoms with Crippen LogP contribution in [-0.4, -0.2) is 10.7 Å². The molecule has 0 atom stereocenters. The molecule has 122 valence electrons. The van der Waals surface area contributed by atoms with Crippen LogP contribution in [0.25, 0.3) is 11.0 Å². The molecule has 0 amide bonds. The van der Waals surface area contributed by atoms with Crippen LogP contribution < -0.4 is 11.1 Å². The van der Waals surface area contributed by atoms with Crippen molar-refractivity contribution in [1.82, 2.24) is 4.98 Å². The number of nitrogens with one attached hydrogen (secondary N) is 1. The van der Waals surface area contributed by atoms with Crippen LogP contribution in [0.5, 0.6) is 0 Å². The van der Waals surface area contributed by atoms with Crippen molar-refractivity contribution in [2.45, 2.75) is 6.92 Å². The third-order valence-corrected chi connectivity index (χ3v) is 4.34.